The first-order valence-corrected chi connectivity index (χ1v) is 6.64. The molecule has 0 radical (unpaired) electrons. The van der Waals surface area contributed by atoms with Crippen LogP contribution in [0.5, 0.6) is 0 Å². The second-order valence-electron chi connectivity index (χ2n) is 5.56. The molecule has 1 nitrogen and oxygen atoms in total. The monoisotopic (exact) mass is 215 g/mol. The predicted octanol–water partition coefficient (Wildman–Crippen LogP) is 3.23. The fourth-order valence-electron chi connectivity index (χ4n) is 3.31. The summed E-state index contributed by atoms with van der Waals surface area (Å²) in [5.41, 5.74) is 3.16. The minimum absolute atomic E-state index is 0.844. The Morgan fingerprint density at radius 2 is 1.94 bits per heavy atom. The molecule has 1 heteroatoms. The molecule has 0 aromatic heterocycles. The van der Waals surface area contributed by atoms with Gasteiger partial charge in [-0.3, -0.25) is 4.90 Å². The Hall–Kier alpha value is -0.820. The van der Waals surface area contributed by atoms with E-state index in [-0.39, 0.29) is 0 Å². The molecule has 2 aliphatic rings. The number of hydrogen-bond donors (Lipinski definition) is 0. The third-order valence-corrected chi connectivity index (χ3v) is 4.34. The molecule has 16 heavy (non-hydrogen) atoms. The average Bonchev–Trinajstić information content (AvgIpc) is 2.48. The number of piperidine rings is 1. The van der Waals surface area contributed by atoms with Crippen LogP contribution < -0.4 is 0 Å². The summed E-state index contributed by atoms with van der Waals surface area (Å²) in [6.07, 6.45) is 5.44. The van der Waals surface area contributed by atoms with Crippen LogP contribution in [0.2, 0.25) is 0 Å². The van der Waals surface area contributed by atoms with Crippen LogP contribution in [0.4, 0.5) is 0 Å². The lowest BCUT2D eigenvalue weighted by Gasteiger charge is -2.37. The van der Waals surface area contributed by atoms with E-state index < -0.39 is 0 Å². The molecular weight excluding hydrogens is 194 g/mol. The Labute approximate surface area is 98.5 Å². The first kappa shape index (κ1) is 10.3. The lowest BCUT2D eigenvalue weighted by atomic mass is 9.90. The Morgan fingerprint density at radius 3 is 2.81 bits per heavy atom. The van der Waals surface area contributed by atoms with E-state index in [1.807, 2.05) is 0 Å². The zero-order chi connectivity index (χ0) is 11.0. The SMILES string of the molecule is CC1CCN2Cc3ccccc3CCC2C1. The van der Waals surface area contributed by atoms with Crippen molar-refractivity contribution in [1.29, 1.82) is 0 Å². The third kappa shape index (κ3) is 1.89. The molecule has 2 unspecified atom stereocenters. The fraction of sp³-hybridized carbons (Fsp3) is 0.600. The Kier molecular flexibility index (Phi) is 2.72. The number of fused-ring (bicyclic) bond motifs is 2. The van der Waals surface area contributed by atoms with Gasteiger partial charge in [-0.1, -0.05) is 31.2 Å². The van der Waals surface area contributed by atoms with Gasteiger partial charge in [0.1, 0.15) is 0 Å². The number of rotatable bonds is 0. The van der Waals surface area contributed by atoms with E-state index in [1.54, 1.807) is 11.1 Å². The van der Waals surface area contributed by atoms with Gasteiger partial charge in [-0.15, -0.1) is 0 Å². The minimum Gasteiger partial charge on any atom is -0.296 e. The average molecular weight is 215 g/mol. The molecule has 0 aliphatic carbocycles. The summed E-state index contributed by atoms with van der Waals surface area (Å²) in [4.78, 5) is 2.71. The predicted molar refractivity (Wildman–Crippen MR) is 67.4 cm³/mol. The first-order chi connectivity index (χ1) is 7.83. The molecule has 1 fully saturated rings. The topological polar surface area (TPSA) is 3.24 Å². The summed E-state index contributed by atoms with van der Waals surface area (Å²) in [6, 6.07) is 9.85. The molecular formula is C15H21N. The maximum Gasteiger partial charge on any atom is 0.0239 e. The second-order valence-corrected chi connectivity index (χ2v) is 5.56. The highest BCUT2D eigenvalue weighted by molar-refractivity contribution is 5.28. The van der Waals surface area contributed by atoms with E-state index in [9.17, 15) is 0 Å². The number of nitrogens with zero attached hydrogens (tertiary/aromatic N) is 1. The van der Waals surface area contributed by atoms with Crippen LogP contribution in [0.25, 0.3) is 0 Å². The lowest BCUT2D eigenvalue weighted by Crippen LogP contribution is -2.40. The van der Waals surface area contributed by atoms with Crippen molar-refractivity contribution in [3.05, 3.63) is 35.4 Å². The molecule has 0 N–H and O–H groups in total. The summed E-state index contributed by atoms with van der Waals surface area (Å²) in [5, 5.41) is 0. The standard InChI is InChI=1S/C15H21N/c1-12-8-9-16-11-14-5-3-2-4-13(14)6-7-15(16)10-12/h2-5,12,15H,6-11H2,1H3. The maximum atomic E-state index is 2.71. The van der Waals surface area contributed by atoms with Gasteiger partial charge in [0.2, 0.25) is 0 Å². The fourth-order valence-corrected chi connectivity index (χ4v) is 3.31. The van der Waals surface area contributed by atoms with E-state index in [0.717, 1.165) is 12.0 Å². The number of benzene rings is 1. The molecule has 3 rings (SSSR count). The molecule has 2 atom stereocenters. The van der Waals surface area contributed by atoms with Gasteiger partial charge in [-0.2, -0.15) is 0 Å². The molecule has 0 saturated carbocycles. The van der Waals surface area contributed by atoms with Crippen molar-refractivity contribution < 1.29 is 0 Å². The Morgan fingerprint density at radius 1 is 1.12 bits per heavy atom. The molecule has 1 aromatic rings. The van der Waals surface area contributed by atoms with Crippen molar-refractivity contribution >= 4 is 0 Å². The van der Waals surface area contributed by atoms with Crippen LogP contribution >= 0.6 is 0 Å². The van der Waals surface area contributed by atoms with E-state index in [0.29, 0.717) is 0 Å². The van der Waals surface area contributed by atoms with Crippen LogP contribution in [0.1, 0.15) is 37.3 Å². The van der Waals surface area contributed by atoms with Crippen molar-refractivity contribution in [1.82, 2.24) is 4.90 Å². The van der Waals surface area contributed by atoms with Crippen LogP contribution in [-0.2, 0) is 13.0 Å². The van der Waals surface area contributed by atoms with E-state index in [2.05, 4.69) is 36.1 Å². The van der Waals surface area contributed by atoms with Crippen LogP contribution in [-0.4, -0.2) is 17.5 Å². The highest BCUT2D eigenvalue weighted by Gasteiger charge is 2.28. The number of aryl methyl sites for hydroxylation is 1. The van der Waals surface area contributed by atoms with Crippen molar-refractivity contribution in [2.45, 2.75) is 45.2 Å². The largest absolute Gasteiger partial charge is 0.296 e. The zero-order valence-corrected chi connectivity index (χ0v) is 10.2. The van der Waals surface area contributed by atoms with E-state index >= 15 is 0 Å². The van der Waals surface area contributed by atoms with Gasteiger partial charge >= 0.3 is 0 Å². The van der Waals surface area contributed by atoms with E-state index in [4.69, 9.17) is 0 Å². The van der Waals surface area contributed by atoms with Gasteiger partial charge in [0.25, 0.3) is 0 Å². The van der Waals surface area contributed by atoms with Crippen LogP contribution in [0.3, 0.4) is 0 Å². The molecule has 0 spiro atoms. The van der Waals surface area contributed by atoms with Gasteiger partial charge < -0.3 is 0 Å². The Balaban J connectivity index is 1.84. The van der Waals surface area contributed by atoms with Crippen molar-refractivity contribution in [3.63, 3.8) is 0 Å². The first-order valence-electron chi connectivity index (χ1n) is 6.64. The molecule has 86 valence electrons. The van der Waals surface area contributed by atoms with Crippen molar-refractivity contribution in [2.75, 3.05) is 6.54 Å². The molecule has 2 aliphatic heterocycles. The molecule has 1 saturated heterocycles. The molecule has 2 heterocycles. The molecule has 0 bridgehead atoms. The summed E-state index contributed by atoms with van der Waals surface area (Å²) in [7, 11) is 0. The smallest absolute Gasteiger partial charge is 0.0239 e. The van der Waals surface area contributed by atoms with Gasteiger partial charge in [0, 0.05) is 12.6 Å². The van der Waals surface area contributed by atoms with Crippen molar-refractivity contribution in [3.8, 4) is 0 Å². The van der Waals surface area contributed by atoms with Gasteiger partial charge in [-0.25, -0.2) is 0 Å². The zero-order valence-electron chi connectivity index (χ0n) is 10.2. The van der Waals surface area contributed by atoms with Crippen LogP contribution in [0.15, 0.2) is 24.3 Å². The normalized spacial score (nSPS) is 30.3. The van der Waals surface area contributed by atoms with Crippen molar-refractivity contribution in [2.24, 2.45) is 5.92 Å². The summed E-state index contributed by atoms with van der Waals surface area (Å²) < 4.78 is 0. The lowest BCUT2D eigenvalue weighted by molar-refractivity contribution is 0.109. The maximum absolute atomic E-state index is 2.71. The van der Waals surface area contributed by atoms with Gasteiger partial charge in [0.15, 0.2) is 0 Å². The quantitative estimate of drug-likeness (QED) is 0.642. The number of hydrogen-bond acceptors (Lipinski definition) is 1. The minimum atomic E-state index is 0.844. The Bertz CT molecular complexity index is 371. The highest BCUT2D eigenvalue weighted by Crippen LogP contribution is 2.30. The third-order valence-electron chi connectivity index (χ3n) is 4.34. The summed E-state index contributed by atoms with van der Waals surface area (Å²) >= 11 is 0. The van der Waals surface area contributed by atoms with E-state index in [1.165, 1.54) is 38.8 Å². The summed E-state index contributed by atoms with van der Waals surface area (Å²) in [5.74, 6) is 0.933. The summed E-state index contributed by atoms with van der Waals surface area (Å²) in [6.45, 7) is 4.91. The van der Waals surface area contributed by atoms with Gasteiger partial charge in [-0.05, 0) is 49.3 Å². The van der Waals surface area contributed by atoms with Crippen LogP contribution in [0, 0.1) is 5.92 Å². The molecule has 0 amide bonds. The molecule has 1 aromatic carbocycles. The second kappa shape index (κ2) is 4.21. The van der Waals surface area contributed by atoms with Gasteiger partial charge in [0.05, 0.1) is 0 Å². The highest BCUT2D eigenvalue weighted by atomic mass is 15.2.